The molecule has 3 aromatic carbocycles. The lowest BCUT2D eigenvalue weighted by Gasteiger charge is -2.24. The van der Waals surface area contributed by atoms with Crippen molar-refractivity contribution < 1.29 is 9.18 Å². The van der Waals surface area contributed by atoms with Gasteiger partial charge >= 0.3 is 0 Å². The number of nitrogens with one attached hydrogen (secondary N) is 2. The van der Waals surface area contributed by atoms with Crippen LogP contribution in [-0.2, 0) is 0 Å². The Kier molecular flexibility index (Phi) is 6.88. The van der Waals surface area contributed by atoms with Crippen molar-refractivity contribution in [2.45, 2.75) is 6.04 Å². The number of benzene rings is 3. The summed E-state index contributed by atoms with van der Waals surface area (Å²) in [5.41, 5.74) is 2.92. The maximum Gasteiger partial charge on any atom is 0.258 e. The molecule has 2 N–H and O–H groups in total. The molecule has 0 bridgehead atoms. The normalized spacial score (nSPS) is 14.3. The van der Waals surface area contributed by atoms with Crippen LogP contribution in [0, 0.1) is 5.82 Å². The summed E-state index contributed by atoms with van der Waals surface area (Å²) in [5.74, 6) is -0.123. The Balaban J connectivity index is 0.00000274. The Labute approximate surface area is 210 Å². The molecule has 4 aromatic rings. The van der Waals surface area contributed by atoms with Crippen molar-refractivity contribution in [3.05, 3.63) is 111 Å². The molecule has 0 saturated carbocycles. The molecule has 6 nitrogen and oxygen atoms in total. The third-order valence-electron chi connectivity index (χ3n) is 5.16. The number of allylic oxidation sites excluding steroid dienone is 1. The number of hydrogen-bond acceptors (Lipinski definition) is 4. The minimum absolute atomic E-state index is 0. The van der Waals surface area contributed by atoms with Crippen molar-refractivity contribution >= 4 is 59.1 Å². The number of aromatic nitrogens is 3. The summed E-state index contributed by atoms with van der Waals surface area (Å²) in [6.45, 7) is 0. The third-order valence-corrected chi connectivity index (χ3v) is 5.67. The topological polar surface area (TPSA) is 71.8 Å². The highest BCUT2D eigenvalue weighted by atomic mass is 35.5. The first kappa shape index (κ1) is 23.8. The lowest BCUT2D eigenvalue weighted by molar-refractivity contribution is 0.102. The van der Waals surface area contributed by atoms with Gasteiger partial charge in [-0.1, -0.05) is 47.5 Å². The van der Waals surface area contributed by atoms with Crippen molar-refractivity contribution in [1.29, 1.82) is 0 Å². The van der Waals surface area contributed by atoms with Crippen LogP contribution in [0.4, 0.5) is 16.3 Å². The first-order chi connectivity index (χ1) is 16.0. The van der Waals surface area contributed by atoms with Crippen molar-refractivity contribution in [2.75, 3.05) is 10.6 Å². The van der Waals surface area contributed by atoms with Crippen molar-refractivity contribution in [1.82, 2.24) is 14.8 Å². The van der Waals surface area contributed by atoms with Crippen LogP contribution in [-0.4, -0.2) is 20.7 Å². The maximum atomic E-state index is 13.5. The second kappa shape index (κ2) is 9.85. The average Bonchev–Trinajstić information content (AvgIpc) is 3.22. The molecule has 0 radical (unpaired) electrons. The van der Waals surface area contributed by atoms with E-state index in [4.69, 9.17) is 23.2 Å². The van der Waals surface area contributed by atoms with E-state index < -0.39 is 0 Å². The first-order valence-electron chi connectivity index (χ1n) is 10.00. The van der Waals surface area contributed by atoms with E-state index in [1.165, 1.54) is 12.1 Å². The van der Waals surface area contributed by atoms with Gasteiger partial charge in [-0.15, -0.1) is 17.5 Å². The van der Waals surface area contributed by atoms with Crippen LogP contribution >= 0.6 is 35.6 Å². The minimum atomic E-state index is -0.374. The van der Waals surface area contributed by atoms with E-state index in [2.05, 4.69) is 20.7 Å². The first-order valence-corrected chi connectivity index (χ1v) is 10.8. The van der Waals surface area contributed by atoms with Gasteiger partial charge in [-0.3, -0.25) is 10.1 Å². The molecule has 1 aromatic heterocycles. The lowest BCUT2D eigenvalue weighted by Crippen LogP contribution is -2.20. The number of anilines is 2. The SMILES string of the molecule is Cl.O=C(Nc1nc2n(n1)C(c1ccc(F)cc1)C=C(c1ccc(Cl)cc1)N2)c1ccc(Cl)cc1. The molecule has 5 rings (SSSR count). The molecule has 2 heterocycles. The monoisotopic (exact) mass is 515 g/mol. The van der Waals surface area contributed by atoms with Gasteiger partial charge in [0.1, 0.15) is 11.9 Å². The Morgan fingerprint density at radius 1 is 0.941 bits per heavy atom. The zero-order chi connectivity index (χ0) is 22.9. The molecule has 0 aliphatic carbocycles. The highest BCUT2D eigenvalue weighted by Crippen LogP contribution is 2.33. The molecule has 1 unspecified atom stereocenters. The van der Waals surface area contributed by atoms with Crippen LogP contribution in [0.3, 0.4) is 0 Å². The van der Waals surface area contributed by atoms with Crippen LogP contribution in [0.25, 0.3) is 5.70 Å². The highest BCUT2D eigenvalue weighted by Gasteiger charge is 2.26. The summed E-state index contributed by atoms with van der Waals surface area (Å²) in [7, 11) is 0. The van der Waals surface area contributed by atoms with Gasteiger partial charge in [-0.25, -0.2) is 9.07 Å². The van der Waals surface area contributed by atoms with Crippen LogP contribution in [0.15, 0.2) is 78.9 Å². The van der Waals surface area contributed by atoms with E-state index in [0.717, 1.165) is 16.8 Å². The fourth-order valence-corrected chi connectivity index (χ4v) is 3.77. The van der Waals surface area contributed by atoms with Gasteiger partial charge in [0, 0.05) is 21.3 Å². The van der Waals surface area contributed by atoms with Gasteiger partial charge in [0.15, 0.2) is 0 Å². The van der Waals surface area contributed by atoms with Crippen LogP contribution in [0.1, 0.15) is 27.5 Å². The van der Waals surface area contributed by atoms with E-state index in [9.17, 15) is 9.18 Å². The molecule has 0 saturated heterocycles. The van der Waals surface area contributed by atoms with Gasteiger partial charge < -0.3 is 5.32 Å². The molecule has 10 heteroatoms. The smallest absolute Gasteiger partial charge is 0.258 e. The van der Waals surface area contributed by atoms with Crippen LogP contribution in [0.2, 0.25) is 10.0 Å². The molecule has 172 valence electrons. The number of carbonyl (C=O) groups is 1. The van der Waals surface area contributed by atoms with Crippen molar-refractivity contribution in [3.63, 3.8) is 0 Å². The predicted octanol–water partition coefficient (Wildman–Crippen LogP) is 6.45. The number of hydrogen-bond donors (Lipinski definition) is 2. The lowest BCUT2D eigenvalue weighted by atomic mass is 10.0. The van der Waals surface area contributed by atoms with Gasteiger partial charge in [-0.2, -0.15) is 4.98 Å². The molecule has 34 heavy (non-hydrogen) atoms. The Bertz CT molecular complexity index is 1350. The number of rotatable bonds is 4. The third kappa shape index (κ3) is 4.92. The summed E-state index contributed by atoms with van der Waals surface area (Å²) >= 11 is 11.9. The van der Waals surface area contributed by atoms with Crippen LogP contribution in [0.5, 0.6) is 0 Å². The molecule has 0 fully saturated rings. The zero-order valence-corrected chi connectivity index (χ0v) is 19.7. The minimum Gasteiger partial charge on any atom is -0.324 e. The van der Waals surface area contributed by atoms with Gasteiger partial charge in [-0.05, 0) is 65.7 Å². The van der Waals surface area contributed by atoms with Crippen molar-refractivity contribution in [3.8, 4) is 0 Å². The predicted molar refractivity (Wildman–Crippen MR) is 134 cm³/mol. The molecule has 1 atom stereocenters. The summed E-state index contributed by atoms with van der Waals surface area (Å²) < 4.78 is 15.2. The van der Waals surface area contributed by atoms with Crippen LogP contribution < -0.4 is 10.6 Å². The number of nitrogens with zero attached hydrogens (tertiary/aromatic N) is 3. The van der Waals surface area contributed by atoms with Crippen molar-refractivity contribution in [2.24, 2.45) is 0 Å². The fraction of sp³-hybridized carbons (Fsp3) is 0.0417. The Hall–Kier alpha value is -3.39. The number of amides is 1. The number of halogens is 4. The standard InChI is InChI=1S/C24H16Cl2FN5O.ClH/c25-17-7-1-14(2-8-17)20-13-21(15-5-11-19(27)12-6-15)32-24(28-20)30-23(31-32)29-22(33)16-3-9-18(26)10-4-16;/h1-13,21H,(H2,28,29,30,31,33);1H. The van der Waals surface area contributed by atoms with E-state index in [1.54, 1.807) is 53.2 Å². The molecular formula is C24H17Cl3FN5O. The van der Waals surface area contributed by atoms with Gasteiger partial charge in [0.25, 0.3) is 11.9 Å². The molecule has 0 spiro atoms. The fourth-order valence-electron chi connectivity index (χ4n) is 3.52. The molecule has 1 aliphatic heterocycles. The highest BCUT2D eigenvalue weighted by molar-refractivity contribution is 6.31. The second-order valence-electron chi connectivity index (χ2n) is 7.37. The number of fused-ring (bicyclic) bond motifs is 1. The van der Waals surface area contributed by atoms with Gasteiger partial charge in [0.2, 0.25) is 5.95 Å². The molecule has 1 amide bonds. The largest absolute Gasteiger partial charge is 0.324 e. The summed E-state index contributed by atoms with van der Waals surface area (Å²) in [6, 6.07) is 19.7. The Morgan fingerprint density at radius 2 is 1.56 bits per heavy atom. The summed E-state index contributed by atoms with van der Waals surface area (Å²) in [5, 5.41) is 11.6. The average molecular weight is 517 g/mol. The van der Waals surface area contributed by atoms with E-state index in [1.807, 2.05) is 18.2 Å². The summed E-state index contributed by atoms with van der Waals surface area (Å²) in [6.07, 6.45) is 1.96. The van der Waals surface area contributed by atoms with E-state index >= 15 is 0 Å². The van der Waals surface area contributed by atoms with Gasteiger partial charge in [0.05, 0.1) is 0 Å². The summed E-state index contributed by atoms with van der Waals surface area (Å²) in [4.78, 5) is 17.1. The zero-order valence-electron chi connectivity index (χ0n) is 17.4. The Morgan fingerprint density at radius 3 is 2.21 bits per heavy atom. The second-order valence-corrected chi connectivity index (χ2v) is 8.25. The van der Waals surface area contributed by atoms with E-state index in [-0.39, 0.29) is 36.1 Å². The maximum absolute atomic E-state index is 13.5. The number of carbonyl (C=O) groups excluding carboxylic acids is 1. The quantitative estimate of drug-likeness (QED) is 0.327. The molecule has 1 aliphatic rings. The van der Waals surface area contributed by atoms with E-state index in [0.29, 0.717) is 21.6 Å². The molecular weight excluding hydrogens is 500 g/mol.